The van der Waals surface area contributed by atoms with E-state index in [0.717, 1.165) is 5.56 Å². The number of cyclic esters (lactones) is 1. The van der Waals surface area contributed by atoms with Crippen LogP contribution < -0.4 is 0 Å². The number of carbonyl (C=O) groups excluding carboxylic acids is 2. The number of benzene rings is 1. The maximum Gasteiger partial charge on any atom is 0.417 e. The van der Waals surface area contributed by atoms with Crippen molar-refractivity contribution in [3.05, 3.63) is 48.6 Å². The summed E-state index contributed by atoms with van der Waals surface area (Å²) < 4.78 is 10.3. The Labute approximate surface area is 136 Å². The van der Waals surface area contributed by atoms with Crippen molar-refractivity contribution in [2.24, 2.45) is 11.8 Å². The molecule has 1 unspecified atom stereocenters. The standard InChI is InChI=1S/C18H23NO4/c1-4-8-13(2)15(11-22-3)17(20)19-16(12-23-18(19)21)14-9-6-5-7-10-14/h4-7,9-10,13,15-16H,1,8,11-12H2,2-3H3/t13-,15+,16?/m0/s1. The van der Waals surface area contributed by atoms with E-state index in [-0.39, 0.29) is 31.1 Å². The molecule has 5 nitrogen and oxygen atoms in total. The lowest BCUT2D eigenvalue weighted by molar-refractivity contribution is -0.137. The van der Waals surface area contributed by atoms with Crippen molar-refractivity contribution in [2.45, 2.75) is 19.4 Å². The number of hydrogen-bond acceptors (Lipinski definition) is 4. The lowest BCUT2D eigenvalue weighted by Crippen LogP contribution is -2.42. The number of nitrogens with zero attached hydrogens (tertiary/aromatic N) is 1. The van der Waals surface area contributed by atoms with E-state index in [1.54, 1.807) is 13.2 Å². The second kappa shape index (κ2) is 7.92. The Bertz CT molecular complexity index is 557. The highest BCUT2D eigenvalue weighted by molar-refractivity contribution is 5.95. The van der Waals surface area contributed by atoms with Crippen LogP contribution in [0.5, 0.6) is 0 Å². The van der Waals surface area contributed by atoms with Gasteiger partial charge in [-0.2, -0.15) is 0 Å². The monoisotopic (exact) mass is 317 g/mol. The van der Waals surface area contributed by atoms with E-state index in [0.29, 0.717) is 6.42 Å². The van der Waals surface area contributed by atoms with Gasteiger partial charge in [-0.15, -0.1) is 6.58 Å². The van der Waals surface area contributed by atoms with Crippen molar-refractivity contribution in [1.29, 1.82) is 0 Å². The molecule has 0 radical (unpaired) electrons. The quantitative estimate of drug-likeness (QED) is 0.725. The molecule has 0 saturated carbocycles. The zero-order valence-corrected chi connectivity index (χ0v) is 13.6. The molecule has 23 heavy (non-hydrogen) atoms. The van der Waals surface area contributed by atoms with Gasteiger partial charge >= 0.3 is 6.09 Å². The second-order valence-electron chi connectivity index (χ2n) is 5.78. The fraction of sp³-hybridized carbons (Fsp3) is 0.444. The highest BCUT2D eigenvalue weighted by Gasteiger charge is 2.42. The highest BCUT2D eigenvalue weighted by Crippen LogP contribution is 2.31. The van der Waals surface area contributed by atoms with Crippen molar-refractivity contribution in [3.8, 4) is 0 Å². The molecule has 0 aromatic heterocycles. The summed E-state index contributed by atoms with van der Waals surface area (Å²) in [5.74, 6) is -0.628. The number of amides is 2. The highest BCUT2D eigenvalue weighted by atomic mass is 16.6. The van der Waals surface area contributed by atoms with Crippen molar-refractivity contribution >= 4 is 12.0 Å². The molecule has 0 spiro atoms. The van der Waals surface area contributed by atoms with E-state index in [1.807, 2.05) is 37.3 Å². The summed E-state index contributed by atoms with van der Waals surface area (Å²) in [6.07, 6.45) is 1.87. The molecule has 0 aliphatic carbocycles. The zero-order chi connectivity index (χ0) is 16.8. The Morgan fingerprint density at radius 3 is 2.78 bits per heavy atom. The van der Waals surface area contributed by atoms with Crippen LogP contribution in [0.2, 0.25) is 0 Å². The van der Waals surface area contributed by atoms with Gasteiger partial charge < -0.3 is 9.47 Å². The van der Waals surface area contributed by atoms with Gasteiger partial charge in [0.2, 0.25) is 5.91 Å². The van der Waals surface area contributed by atoms with Crippen LogP contribution in [0.1, 0.15) is 24.9 Å². The Kier molecular flexibility index (Phi) is 5.93. The summed E-state index contributed by atoms with van der Waals surface area (Å²) >= 11 is 0. The van der Waals surface area contributed by atoms with E-state index < -0.39 is 12.0 Å². The molecular formula is C18H23NO4. The molecule has 1 heterocycles. The Morgan fingerprint density at radius 2 is 2.17 bits per heavy atom. The van der Waals surface area contributed by atoms with Gasteiger partial charge in [0.25, 0.3) is 0 Å². The third-order valence-electron chi connectivity index (χ3n) is 4.18. The number of rotatable bonds is 7. The van der Waals surface area contributed by atoms with Crippen LogP contribution in [-0.4, -0.2) is 37.2 Å². The minimum atomic E-state index is -0.587. The van der Waals surface area contributed by atoms with Crippen LogP contribution in [0.4, 0.5) is 4.79 Å². The van der Waals surface area contributed by atoms with Gasteiger partial charge in [0.1, 0.15) is 12.6 Å². The van der Waals surface area contributed by atoms with Crippen molar-refractivity contribution in [2.75, 3.05) is 20.3 Å². The fourth-order valence-corrected chi connectivity index (χ4v) is 2.85. The molecule has 3 atom stereocenters. The summed E-state index contributed by atoms with van der Waals surface area (Å²) in [5.41, 5.74) is 0.888. The summed E-state index contributed by atoms with van der Waals surface area (Å²) in [5, 5.41) is 0. The molecule has 1 aliphatic rings. The molecule has 1 fully saturated rings. The number of hydrogen-bond donors (Lipinski definition) is 0. The second-order valence-corrected chi connectivity index (χ2v) is 5.78. The van der Waals surface area contributed by atoms with Crippen LogP contribution in [0.25, 0.3) is 0 Å². The van der Waals surface area contributed by atoms with E-state index in [9.17, 15) is 9.59 Å². The Balaban J connectivity index is 2.25. The summed E-state index contributed by atoms with van der Waals surface area (Å²) in [7, 11) is 1.55. The Morgan fingerprint density at radius 1 is 1.48 bits per heavy atom. The number of carbonyl (C=O) groups is 2. The average Bonchev–Trinajstić information content (AvgIpc) is 2.94. The van der Waals surface area contributed by atoms with E-state index in [1.165, 1.54) is 4.90 Å². The molecule has 5 heteroatoms. The van der Waals surface area contributed by atoms with Gasteiger partial charge in [-0.3, -0.25) is 4.79 Å². The lowest BCUT2D eigenvalue weighted by atomic mass is 9.90. The molecule has 2 rings (SSSR count). The topological polar surface area (TPSA) is 55.8 Å². The predicted molar refractivity (Wildman–Crippen MR) is 86.7 cm³/mol. The van der Waals surface area contributed by atoms with Crippen LogP contribution in [-0.2, 0) is 14.3 Å². The summed E-state index contributed by atoms with van der Waals surface area (Å²) in [6, 6.07) is 9.07. The van der Waals surface area contributed by atoms with Gasteiger partial charge in [0.15, 0.2) is 0 Å². The largest absolute Gasteiger partial charge is 0.446 e. The predicted octanol–water partition coefficient (Wildman–Crippen LogP) is 3.18. The van der Waals surface area contributed by atoms with Gasteiger partial charge in [-0.25, -0.2) is 9.69 Å². The van der Waals surface area contributed by atoms with Gasteiger partial charge in [-0.05, 0) is 17.9 Å². The lowest BCUT2D eigenvalue weighted by Gasteiger charge is -2.27. The molecule has 1 aromatic rings. The van der Waals surface area contributed by atoms with Gasteiger partial charge in [-0.1, -0.05) is 43.3 Å². The minimum Gasteiger partial charge on any atom is -0.446 e. The number of imide groups is 1. The minimum absolute atomic E-state index is 0.0322. The number of ether oxygens (including phenoxy) is 2. The first kappa shape index (κ1) is 17.2. The first-order valence-electron chi connectivity index (χ1n) is 7.74. The molecule has 2 amide bonds. The molecule has 0 bridgehead atoms. The maximum absolute atomic E-state index is 13.0. The first-order chi connectivity index (χ1) is 11.1. The molecule has 1 aliphatic heterocycles. The first-order valence-corrected chi connectivity index (χ1v) is 7.74. The van der Waals surface area contributed by atoms with Crippen LogP contribution in [0, 0.1) is 11.8 Å². The average molecular weight is 317 g/mol. The third-order valence-corrected chi connectivity index (χ3v) is 4.18. The third kappa shape index (κ3) is 3.79. The normalized spacial score (nSPS) is 20.0. The van der Waals surface area contributed by atoms with Crippen molar-refractivity contribution < 1.29 is 19.1 Å². The molecular weight excluding hydrogens is 294 g/mol. The SMILES string of the molecule is C=CC[C@H](C)[C@@H](COC)C(=O)N1C(=O)OCC1c1ccccc1. The number of allylic oxidation sites excluding steroid dienone is 1. The summed E-state index contributed by atoms with van der Waals surface area (Å²) in [6.45, 7) is 6.13. The van der Waals surface area contributed by atoms with E-state index >= 15 is 0 Å². The smallest absolute Gasteiger partial charge is 0.417 e. The fourth-order valence-electron chi connectivity index (χ4n) is 2.85. The molecule has 0 N–H and O–H groups in total. The molecule has 1 saturated heterocycles. The molecule has 124 valence electrons. The van der Waals surface area contributed by atoms with E-state index in [2.05, 4.69) is 6.58 Å². The van der Waals surface area contributed by atoms with Crippen LogP contribution in [0.15, 0.2) is 43.0 Å². The Hall–Kier alpha value is -2.14. The van der Waals surface area contributed by atoms with E-state index in [4.69, 9.17) is 9.47 Å². The number of methoxy groups -OCH3 is 1. The van der Waals surface area contributed by atoms with Gasteiger partial charge in [0, 0.05) is 7.11 Å². The maximum atomic E-state index is 13.0. The van der Waals surface area contributed by atoms with Crippen LogP contribution in [0.3, 0.4) is 0 Å². The van der Waals surface area contributed by atoms with Gasteiger partial charge in [0.05, 0.1) is 12.5 Å². The molecule has 1 aromatic carbocycles. The zero-order valence-electron chi connectivity index (χ0n) is 13.6. The summed E-state index contributed by atoms with van der Waals surface area (Å²) in [4.78, 5) is 26.3. The van der Waals surface area contributed by atoms with Crippen LogP contribution >= 0.6 is 0 Å². The van der Waals surface area contributed by atoms with Crippen molar-refractivity contribution in [3.63, 3.8) is 0 Å². The van der Waals surface area contributed by atoms with Crippen molar-refractivity contribution in [1.82, 2.24) is 4.90 Å².